The highest BCUT2D eigenvalue weighted by Gasteiger charge is 2.40. The number of aliphatic carboxylic acids is 1. The van der Waals surface area contributed by atoms with Crippen molar-refractivity contribution in [3.05, 3.63) is 0 Å². The van der Waals surface area contributed by atoms with E-state index in [-0.39, 0.29) is 6.04 Å². The van der Waals surface area contributed by atoms with Crippen molar-refractivity contribution in [2.24, 2.45) is 0 Å². The molecule has 0 bridgehead atoms. The maximum absolute atomic E-state index is 11.0. The van der Waals surface area contributed by atoms with Gasteiger partial charge in [-0.05, 0) is 25.4 Å². The fourth-order valence-corrected chi connectivity index (χ4v) is 5.45. The highest BCUT2D eigenvalue weighted by molar-refractivity contribution is 6.75. The predicted molar refractivity (Wildman–Crippen MR) is 55.3 cm³/mol. The smallest absolute Gasteiger partial charge is 0.320 e. The zero-order valence-electron chi connectivity index (χ0n) is 8.71. The van der Waals surface area contributed by atoms with Gasteiger partial charge in [-0.2, -0.15) is 0 Å². The van der Waals surface area contributed by atoms with Crippen LogP contribution in [-0.4, -0.2) is 36.5 Å². The summed E-state index contributed by atoms with van der Waals surface area (Å²) in [6, 6.07) is 1.01. The van der Waals surface area contributed by atoms with E-state index in [9.17, 15) is 4.79 Å². The van der Waals surface area contributed by atoms with Crippen LogP contribution in [0.25, 0.3) is 0 Å². The van der Waals surface area contributed by atoms with Gasteiger partial charge in [0.1, 0.15) is 14.3 Å². The van der Waals surface area contributed by atoms with Gasteiger partial charge in [0, 0.05) is 0 Å². The first-order chi connectivity index (χ1) is 5.99. The van der Waals surface area contributed by atoms with Crippen molar-refractivity contribution in [2.45, 2.75) is 44.9 Å². The van der Waals surface area contributed by atoms with E-state index in [2.05, 4.69) is 17.7 Å². The average Bonchev–Trinajstić information content (AvgIpc) is 2.32. The van der Waals surface area contributed by atoms with Crippen LogP contribution in [0.1, 0.15) is 19.8 Å². The minimum absolute atomic E-state index is 0.232. The van der Waals surface area contributed by atoms with Gasteiger partial charge in [0.25, 0.3) is 0 Å². The summed E-state index contributed by atoms with van der Waals surface area (Å²) < 4.78 is 2.26. The molecule has 0 aromatic carbocycles. The Labute approximate surface area is 80.8 Å². The van der Waals surface area contributed by atoms with E-state index in [1.165, 1.54) is 12.5 Å². The highest BCUT2D eigenvalue weighted by Crippen LogP contribution is 2.28. The summed E-state index contributed by atoms with van der Waals surface area (Å²) in [6.45, 7) is 7.49. The quantitative estimate of drug-likeness (QED) is 0.707. The van der Waals surface area contributed by atoms with E-state index in [1.54, 1.807) is 0 Å². The molecule has 0 saturated carbocycles. The number of carboxylic acids is 1. The number of hydrogen-bond acceptors (Lipinski definition) is 2. The van der Waals surface area contributed by atoms with Crippen LogP contribution in [0.2, 0.25) is 19.1 Å². The van der Waals surface area contributed by atoms with E-state index in [1.807, 2.05) is 6.92 Å². The van der Waals surface area contributed by atoms with Crippen LogP contribution >= 0.6 is 0 Å². The van der Waals surface area contributed by atoms with Crippen molar-refractivity contribution in [3.8, 4) is 0 Å². The maximum atomic E-state index is 11.0. The fraction of sp³-hybridized carbons (Fsp3) is 0.889. The Morgan fingerprint density at radius 2 is 2.23 bits per heavy atom. The van der Waals surface area contributed by atoms with Crippen molar-refractivity contribution >= 4 is 14.2 Å². The number of carboxylic acid groups (broad SMARTS) is 1. The van der Waals surface area contributed by atoms with E-state index in [4.69, 9.17) is 5.11 Å². The van der Waals surface area contributed by atoms with E-state index >= 15 is 0 Å². The number of hydrogen-bond donors (Lipinski definition) is 1. The third kappa shape index (κ3) is 2.11. The van der Waals surface area contributed by atoms with Crippen LogP contribution in [0.4, 0.5) is 0 Å². The third-order valence-electron chi connectivity index (χ3n) is 3.01. The third-order valence-corrected chi connectivity index (χ3v) is 6.68. The normalized spacial score (nSPS) is 24.5. The Bertz CT molecular complexity index is 206. The Morgan fingerprint density at radius 1 is 1.62 bits per heavy atom. The Morgan fingerprint density at radius 3 is 2.54 bits per heavy atom. The predicted octanol–water partition coefficient (Wildman–Crippen LogP) is 1.76. The minimum atomic E-state index is -1.36. The van der Waals surface area contributed by atoms with Gasteiger partial charge < -0.3 is 9.67 Å². The first-order valence-corrected chi connectivity index (χ1v) is 8.14. The molecule has 4 heteroatoms. The summed E-state index contributed by atoms with van der Waals surface area (Å²) in [5, 5.41) is 9.05. The molecule has 1 unspecified atom stereocenters. The molecule has 1 atom stereocenters. The van der Waals surface area contributed by atoms with Crippen molar-refractivity contribution in [1.29, 1.82) is 0 Å². The molecule has 0 aliphatic carbocycles. The van der Waals surface area contributed by atoms with Gasteiger partial charge in [-0.1, -0.05) is 20.0 Å². The van der Waals surface area contributed by atoms with Crippen LogP contribution in [0.15, 0.2) is 0 Å². The van der Waals surface area contributed by atoms with Gasteiger partial charge in [-0.25, -0.2) is 0 Å². The van der Waals surface area contributed by atoms with Crippen LogP contribution in [-0.2, 0) is 4.79 Å². The first kappa shape index (κ1) is 10.7. The summed E-state index contributed by atoms with van der Waals surface area (Å²) in [7, 11) is -1.36. The molecule has 1 saturated heterocycles. The van der Waals surface area contributed by atoms with E-state index < -0.39 is 14.2 Å². The standard InChI is InChI=1S/C9H19NO2Si/c1-4-8(9(11)12)10-6-5-7-13(10,2)3/h8H,4-7H2,1-3H3,(H,11,12). The largest absolute Gasteiger partial charge is 0.480 e. The molecule has 1 fully saturated rings. The summed E-state index contributed by atoms with van der Waals surface area (Å²) >= 11 is 0. The summed E-state index contributed by atoms with van der Waals surface area (Å²) in [6.07, 6.45) is 1.91. The van der Waals surface area contributed by atoms with Gasteiger partial charge in [0.15, 0.2) is 0 Å². The van der Waals surface area contributed by atoms with Crippen molar-refractivity contribution in [2.75, 3.05) is 6.54 Å². The van der Waals surface area contributed by atoms with Gasteiger partial charge in [-0.3, -0.25) is 4.79 Å². The lowest BCUT2D eigenvalue weighted by Gasteiger charge is -2.34. The number of carbonyl (C=O) groups is 1. The summed E-state index contributed by atoms with van der Waals surface area (Å²) in [4.78, 5) is 11.0. The molecule has 0 aromatic rings. The Balaban J connectivity index is 2.74. The molecule has 13 heavy (non-hydrogen) atoms. The lowest BCUT2D eigenvalue weighted by Crippen LogP contribution is -2.52. The fourth-order valence-electron chi connectivity index (χ4n) is 2.23. The molecule has 0 radical (unpaired) electrons. The molecule has 1 heterocycles. The van der Waals surface area contributed by atoms with Gasteiger partial charge >= 0.3 is 5.97 Å². The summed E-state index contributed by atoms with van der Waals surface area (Å²) in [5.41, 5.74) is 0. The Kier molecular flexibility index (Phi) is 3.13. The van der Waals surface area contributed by atoms with Gasteiger partial charge in [0.05, 0.1) is 0 Å². The second-order valence-electron chi connectivity index (χ2n) is 4.37. The molecule has 1 aliphatic heterocycles. The molecule has 1 N–H and O–H groups in total. The van der Waals surface area contributed by atoms with Crippen LogP contribution in [0, 0.1) is 0 Å². The first-order valence-electron chi connectivity index (χ1n) is 4.98. The van der Waals surface area contributed by atoms with E-state index in [0.717, 1.165) is 13.0 Å². The van der Waals surface area contributed by atoms with Crippen LogP contribution in [0.3, 0.4) is 0 Å². The second-order valence-corrected chi connectivity index (χ2v) is 9.07. The molecule has 1 aliphatic rings. The maximum Gasteiger partial charge on any atom is 0.320 e. The highest BCUT2D eigenvalue weighted by atomic mass is 28.3. The summed E-state index contributed by atoms with van der Waals surface area (Å²) in [5.74, 6) is -0.648. The van der Waals surface area contributed by atoms with Crippen molar-refractivity contribution in [1.82, 2.24) is 4.57 Å². The van der Waals surface area contributed by atoms with Gasteiger partial charge in [-0.15, -0.1) is 0 Å². The lowest BCUT2D eigenvalue weighted by atomic mass is 10.2. The van der Waals surface area contributed by atoms with Crippen LogP contribution in [0.5, 0.6) is 0 Å². The van der Waals surface area contributed by atoms with Crippen molar-refractivity contribution in [3.63, 3.8) is 0 Å². The molecule has 0 spiro atoms. The zero-order chi connectivity index (χ0) is 10.1. The monoisotopic (exact) mass is 201 g/mol. The Hall–Kier alpha value is -0.353. The number of rotatable bonds is 3. The van der Waals surface area contributed by atoms with Crippen molar-refractivity contribution < 1.29 is 9.90 Å². The average molecular weight is 201 g/mol. The van der Waals surface area contributed by atoms with Gasteiger partial charge in [0.2, 0.25) is 0 Å². The molecular formula is C9H19NO2Si. The molecule has 76 valence electrons. The van der Waals surface area contributed by atoms with E-state index in [0.29, 0.717) is 0 Å². The number of nitrogens with zero attached hydrogens (tertiary/aromatic N) is 1. The molecule has 1 rings (SSSR count). The van der Waals surface area contributed by atoms with Crippen LogP contribution < -0.4 is 0 Å². The molecule has 0 aromatic heterocycles. The minimum Gasteiger partial charge on any atom is -0.480 e. The topological polar surface area (TPSA) is 40.5 Å². The second kappa shape index (κ2) is 3.80. The lowest BCUT2D eigenvalue weighted by molar-refractivity contribution is -0.141. The molecule has 0 amide bonds. The molecule has 3 nitrogen and oxygen atoms in total. The zero-order valence-corrected chi connectivity index (χ0v) is 9.71. The molecular weight excluding hydrogens is 182 g/mol. The SMILES string of the molecule is CCC(C(=O)O)N1CCC[Si]1(C)C.